The Bertz CT molecular complexity index is 451. The molecule has 16 heavy (non-hydrogen) atoms. The fourth-order valence-electron chi connectivity index (χ4n) is 1.36. The number of pyridine rings is 1. The molecule has 0 aliphatic carbocycles. The van der Waals surface area contributed by atoms with Crippen molar-refractivity contribution < 1.29 is 4.79 Å². The summed E-state index contributed by atoms with van der Waals surface area (Å²) in [5.41, 5.74) is 2.17. The lowest BCUT2D eigenvalue weighted by atomic mass is 10.1. The third kappa shape index (κ3) is 2.71. The van der Waals surface area contributed by atoms with Gasteiger partial charge in [0.25, 0.3) is 0 Å². The number of halogens is 1. The Morgan fingerprint density at radius 3 is 2.88 bits per heavy atom. The lowest BCUT2D eigenvalue weighted by Crippen LogP contribution is -2.15. The first-order chi connectivity index (χ1) is 7.62. The summed E-state index contributed by atoms with van der Waals surface area (Å²) < 4.78 is 0. The number of hydrogen-bond donors (Lipinski definition) is 1. The average molecular weight is 238 g/mol. The Hall–Kier alpha value is -1.60. The molecule has 0 radical (unpaired) electrons. The number of rotatable bonds is 3. The summed E-state index contributed by atoms with van der Waals surface area (Å²) in [5, 5.41) is 11.4. The maximum absolute atomic E-state index is 11.1. The van der Waals surface area contributed by atoms with E-state index in [-0.39, 0.29) is 17.6 Å². The van der Waals surface area contributed by atoms with Crippen LogP contribution in [0.4, 0.5) is 5.82 Å². The standard InChI is InChI=1S/C11H12ClN3O/c1-3-9-7(2)4-8(6-13)11(14-9)15-10(16)5-12/h4H,3,5H2,1-2H3,(H,14,15,16). The van der Waals surface area contributed by atoms with E-state index in [1.165, 1.54) is 0 Å². The van der Waals surface area contributed by atoms with E-state index < -0.39 is 0 Å². The van der Waals surface area contributed by atoms with Crippen LogP contribution in [0.1, 0.15) is 23.7 Å². The van der Waals surface area contributed by atoms with Crippen molar-refractivity contribution in [2.45, 2.75) is 20.3 Å². The van der Waals surface area contributed by atoms with Crippen LogP contribution in [0.5, 0.6) is 0 Å². The van der Waals surface area contributed by atoms with Crippen molar-refractivity contribution in [1.29, 1.82) is 5.26 Å². The lowest BCUT2D eigenvalue weighted by Gasteiger charge is -2.08. The average Bonchev–Trinajstić information content (AvgIpc) is 2.30. The number of nitrogens with zero attached hydrogens (tertiary/aromatic N) is 2. The monoisotopic (exact) mass is 237 g/mol. The van der Waals surface area contributed by atoms with E-state index in [9.17, 15) is 4.79 Å². The molecule has 5 heteroatoms. The van der Waals surface area contributed by atoms with E-state index >= 15 is 0 Å². The molecule has 1 rings (SSSR count). The molecule has 0 spiro atoms. The third-order valence-electron chi connectivity index (χ3n) is 2.15. The topological polar surface area (TPSA) is 65.8 Å². The second-order valence-corrected chi connectivity index (χ2v) is 3.56. The van der Waals surface area contributed by atoms with Gasteiger partial charge in [-0.1, -0.05) is 6.92 Å². The SMILES string of the molecule is CCc1nc(NC(=O)CCl)c(C#N)cc1C. The molecule has 0 saturated heterocycles. The molecule has 84 valence electrons. The zero-order valence-corrected chi connectivity index (χ0v) is 9.93. The summed E-state index contributed by atoms with van der Waals surface area (Å²) in [6, 6.07) is 3.71. The molecule has 1 aromatic heterocycles. The van der Waals surface area contributed by atoms with Crippen LogP contribution in [0.3, 0.4) is 0 Å². The van der Waals surface area contributed by atoms with Crippen molar-refractivity contribution >= 4 is 23.3 Å². The van der Waals surface area contributed by atoms with Crippen LogP contribution in [0.15, 0.2) is 6.07 Å². The number of nitrogens with one attached hydrogen (secondary N) is 1. The number of carbonyl (C=O) groups excluding carboxylic acids is 1. The minimum atomic E-state index is -0.364. The number of alkyl halides is 1. The molecule has 0 aromatic carbocycles. The maximum Gasteiger partial charge on any atom is 0.240 e. The van der Waals surface area contributed by atoms with Gasteiger partial charge in [0.2, 0.25) is 5.91 Å². The highest BCUT2D eigenvalue weighted by atomic mass is 35.5. The molecule has 1 amide bonds. The highest BCUT2D eigenvalue weighted by Crippen LogP contribution is 2.17. The van der Waals surface area contributed by atoms with Crippen LogP contribution in [0.2, 0.25) is 0 Å². The fraction of sp³-hybridized carbons (Fsp3) is 0.364. The van der Waals surface area contributed by atoms with Gasteiger partial charge in [-0.2, -0.15) is 5.26 Å². The van der Waals surface area contributed by atoms with Gasteiger partial charge in [-0.15, -0.1) is 11.6 Å². The van der Waals surface area contributed by atoms with E-state index in [1.807, 2.05) is 19.9 Å². The Morgan fingerprint density at radius 2 is 2.38 bits per heavy atom. The molecule has 4 nitrogen and oxygen atoms in total. The zero-order chi connectivity index (χ0) is 12.1. The normalized spacial score (nSPS) is 9.62. The first kappa shape index (κ1) is 12.5. The minimum Gasteiger partial charge on any atom is -0.309 e. The molecule has 1 aromatic rings. The summed E-state index contributed by atoms with van der Waals surface area (Å²) in [6.07, 6.45) is 0.751. The van der Waals surface area contributed by atoms with Crippen molar-refractivity contribution in [3.63, 3.8) is 0 Å². The number of nitriles is 1. The smallest absolute Gasteiger partial charge is 0.240 e. The van der Waals surface area contributed by atoms with Crippen molar-refractivity contribution in [1.82, 2.24) is 4.98 Å². The molecule has 0 atom stereocenters. The van der Waals surface area contributed by atoms with E-state index in [4.69, 9.17) is 16.9 Å². The van der Waals surface area contributed by atoms with Crippen LogP contribution in [-0.4, -0.2) is 16.8 Å². The third-order valence-corrected chi connectivity index (χ3v) is 2.40. The van der Waals surface area contributed by atoms with Crippen LogP contribution >= 0.6 is 11.6 Å². The summed E-state index contributed by atoms with van der Waals surface area (Å²) in [4.78, 5) is 15.4. The van der Waals surface area contributed by atoms with Gasteiger partial charge in [0.05, 0.1) is 5.56 Å². The van der Waals surface area contributed by atoms with E-state index in [0.29, 0.717) is 5.56 Å². The van der Waals surface area contributed by atoms with Crippen molar-refractivity contribution in [3.05, 3.63) is 22.9 Å². The van der Waals surface area contributed by atoms with Gasteiger partial charge in [-0.3, -0.25) is 4.79 Å². The number of aryl methyl sites for hydroxylation is 2. The molecule has 0 bridgehead atoms. The summed E-state index contributed by atoms with van der Waals surface area (Å²) in [5.74, 6) is -0.228. The quantitative estimate of drug-likeness (QED) is 0.818. The molecule has 0 aliphatic heterocycles. The van der Waals surface area contributed by atoms with Crippen LogP contribution in [0.25, 0.3) is 0 Å². The van der Waals surface area contributed by atoms with Gasteiger partial charge < -0.3 is 5.32 Å². The molecule has 0 unspecified atom stereocenters. The first-order valence-corrected chi connectivity index (χ1v) is 5.42. The largest absolute Gasteiger partial charge is 0.309 e. The van der Waals surface area contributed by atoms with Crippen LogP contribution < -0.4 is 5.32 Å². The van der Waals surface area contributed by atoms with Gasteiger partial charge in [0.1, 0.15) is 11.9 Å². The number of anilines is 1. The summed E-state index contributed by atoms with van der Waals surface area (Å²) in [6.45, 7) is 3.86. The van der Waals surface area contributed by atoms with Gasteiger partial charge in [0, 0.05) is 5.69 Å². The lowest BCUT2D eigenvalue weighted by molar-refractivity contribution is -0.113. The van der Waals surface area contributed by atoms with Gasteiger partial charge in [-0.05, 0) is 25.0 Å². The molecule has 0 fully saturated rings. The Balaban J connectivity index is 3.16. The Morgan fingerprint density at radius 1 is 1.69 bits per heavy atom. The van der Waals surface area contributed by atoms with Crippen LogP contribution in [-0.2, 0) is 11.2 Å². The fourth-order valence-corrected chi connectivity index (χ4v) is 1.42. The second-order valence-electron chi connectivity index (χ2n) is 3.30. The minimum absolute atomic E-state index is 0.151. The second kappa shape index (κ2) is 5.47. The van der Waals surface area contributed by atoms with Crippen molar-refractivity contribution in [3.8, 4) is 6.07 Å². The van der Waals surface area contributed by atoms with E-state index in [2.05, 4.69) is 10.3 Å². The summed E-state index contributed by atoms with van der Waals surface area (Å²) >= 11 is 5.38. The molecule has 0 aliphatic rings. The molecule has 1 N–H and O–H groups in total. The number of amides is 1. The van der Waals surface area contributed by atoms with Crippen LogP contribution in [0, 0.1) is 18.3 Å². The Kier molecular flexibility index (Phi) is 4.27. The van der Waals surface area contributed by atoms with E-state index in [0.717, 1.165) is 17.7 Å². The number of aromatic nitrogens is 1. The molecular weight excluding hydrogens is 226 g/mol. The molecule has 1 heterocycles. The summed E-state index contributed by atoms with van der Waals surface area (Å²) in [7, 11) is 0. The molecule has 0 saturated carbocycles. The predicted molar refractivity (Wildman–Crippen MR) is 62.4 cm³/mol. The Labute approximate surface area is 99.2 Å². The van der Waals surface area contributed by atoms with Gasteiger partial charge in [-0.25, -0.2) is 4.98 Å². The van der Waals surface area contributed by atoms with Gasteiger partial charge in [0.15, 0.2) is 5.82 Å². The maximum atomic E-state index is 11.1. The van der Waals surface area contributed by atoms with Gasteiger partial charge >= 0.3 is 0 Å². The number of hydrogen-bond acceptors (Lipinski definition) is 3. The number of carbonyl (C=O) groups is 1. The van der Waals surface area contributed by atoms with Crippen molar-refractivity contribution in [2.24, 2.45) is 0 Å². The zero-order valence-electron chi connectivity index (χ0n) is 9.17. The molecular formula is C11H12ClN3O. The highest BCUT2D eigenvalue weighted by Gasteiger charge is 2.10. The predicted octanol–water partition coefficient (Wildman–Crippen LogP) is 2.00. The van der Waals surface area contributed by atoms with E-state index in [1.54, 1.807) is 6.07 Å². The van der Waals surface area contributed by atoms with Crippen molar-refractivity contribution in [2.75, 3.05) is 11.2 Å². The first-order valence-electron chi connectivity index (χ1n) is 4.88. The highest BCUT2D eigenvalue weighted by molar-refractivity contribution is 6.29.